The predicted molar refractivity (Wildman–Crippen MR) is 125 cm³/mol. The quantitative estimate of drug-likeness (QED) is 0.359. The van der Waals surface area contributed by atoms with Crippen molar-refractivity contribution in [1.29, 1.82) is 0 Å². The van der Waals surface area contributed by atoms with Gasteiger partial charge in [0, 0.05) is 16.7 Å². The number of phenols is 1. The minimum absolute atomic E-state index is 0.206. The molecule has 0 unspecified atom stereocenters. The van der Waals surface area contributed by atoms with Crippen molar-refractivity contribution >= 4 is 0 Å². The van der Waals surface area contributed by atoms with Gasteiger partial charge in [-0.15, -0.1) is 0 Å². The van der Waals surface area contributed by atoms with Gasteiger partial charge in [-0.2, -0.15) is 0 Å². The first kappa shape index (κ1) is 18.8. The molecule has 0 spiro atoms. The molecule has 5 aromatic rings. The topological polar surface area (TPSA) is 46.0 Å². The summed E-state index contributed by atoms with van der Waals surface area (Å²) in [5, 5.41) is 10.4. The Bertz CT molecular complexity index is 1260. The lowest BCUT2D eigenvalue weighted by Gasteiger charge is -2.11. The Balaban J connectivity index is 1.70. The molecule has 0 radical (unpaired) electrons. The van der Waals surface area contributed by atoms with Gasteiger partial charge in [0.25, 0.3) is 0 Å². The van der Waals surface area contributed by atoms with Crippen molar-refractivity contribution in [2.45, 2.75) is 0 Å². The van der Waals surface area contributed by atoms with E-state index < -0.39 is 0 Å². The zero-order chi connectivity index (χ0) is 21.0. The maximum atomic E-state index is 10.4. The number of hydrogen-bond donors (Lipinski definition) is 1. The van der Waals surface area contributed by atoms with E-state index >= 15 is 0 Å². The van der Waals surface area contributed by atoms with E-state index in [-0.39, 0.29) is 5.75 Å². The second-order valence-corrected chi connectivity index (χ2v) is 7.33. The molecule has 0 atom stereocenters. The molecule has 3 heteroatoms. The van der Waals surface area contributed by atoms with Crippen LogP contribution in [0.1, 0.15) is 0 Å². The Labute approximate surface area is 181 Å². The van der Waals surface area contributed by atoms with Crippen LogP contribution in [0.5, 0.6) is 5.75 Å². The van der Waals surface area contributed by atoms with Crippen molar-refractivity contribution in [3.05, 3.63) is 115 Å². The summed E-state index contributed by atoms with van der Waals surface area (Å²) in [6, 6.07) is 37.6. The summed E-state index contributed by atoms with van der Waals surface area (Å²) < 4.78 is 0. The van der Waals surface area contributed by atoms with Crippen LogP contribution in [-0.2, 0) is 0 Å². The molecule has 0 aliphatic carbocycles. The lowest BCUT2D eigenvalue weighted by atomic mass is 10.00. The Morgan fingerprint density at radius 3 is 1.52 bits per heavy atom. The third kappa shape index (κ3) is 4.07. The average molecular weight is 400 g/mol. The highest BCUT2D eigenvalue weighted by atomic mass is 16.3. The van der Waals surface area contributed by atoms with Gasteiger partial charge in [0.15, 0.2) is 5.82 Å². The molecule has 1 aromatic heterocycles. The lowest BCUT2D eigenvalue weighted by molar-refractivity contribution is 0.476. The molecule has 5 rings (SSSR count). The van der Waals surface area contributed by atoms with Crippen molar-refractivity contribution in [2.75, 3.05) is 0 Å². The molecule has 0 fully saturated rings. The molecule has 0 saturated heterocycles. The largest absolute Gasteiger partial charge is 0.508 e. The molecule has 0 aliphatic heterocycles. The second-order valence-electron chi connectivity index (χ2n) is 7.33. The molecular formula is C28H20N2O. The van der Waals surface area contributed by atoms with Gasteiger partial charge < -0.3 is 5.11 Å². The van der Waals surface area contributed by atoms with Crippen LogP contribution < -0.4 is 0 Å². The summed E-state index contributed by atoms with van der Waals surface area (Å²) in [4.78, 5) is 9.68. The molecular weight excluding hydrogens is 380 g/mol. The van der Waals surface area contributed by atoms with Crippen molar-refractivity contribution in [3.63, 3.8) is 0 Å². The Hall–Kier alpha value is -4.24. The standard InChI is InChI=1S/C28H20N2O/c31-25-17-23(20-10-4-1-5-11-20)16-24(18-25)27-19-26(21-12-6-2-7-13-21)29-28(30-27)22-14-8-3-9-15-22/h1-19,31H. The molecule has 0 aliphatic rings. The van der Waals surface area contributed by atoms with E-state index in [2.05, 4.69) is 6.07 Å². The fourth-order valence-electron chi connectivity index (χ4n) is 3.62. The fourth-order valence-corrected chi connectivity index (χ4v) is 3.62. The maximum absolute atomic E-state index is 10.4. The summed E-state index contributed by atoms with van der Waals surface area (Å²) in [7, 11) is 0. The van der Waals surface area contributed by atoms with Gasteiger partial charge in [0.2, 0.25) is 0 Å². The minimum Gasteiger partial charge on any atom is -0.508 e. The fraction of sp³-hybridized carbons (Fsp3) is 0. The number of nitrogens with zero attached hydrogens (tertiary/aromatic N) is 2. The van der Waals surface area contributed by atoms with Gasteiger partial charge in [-0.1, -0.05) is 91.0 Å². The van der Waals surface area contributed by atoms with E-state index in [9.17, 15) is 5.11 Å². The number of aromatic nitrogens is 2. The van der Waals surface area contributed by atoms with Crippen LogP contribution in [-0.4, -0.2) is 15.1 Å². The van der Waals surface area contributed by atoms with E-state index in [0.717, 1.165) is 39.2 Å². The van der Waals surface area contributed by atoms with Crippen LogP contribution in [0.25, 0.3) is 45.0 Å². The van der Waals surface area contributed by atoms with E-state index in [4.69, 9.17) is 9.97 Å². The van der Waals surface area contributed by atoms with Gasteiger partial charge in [-0.05, 0) is 35.4 Å². The van der Waals surface area contributed by atoms with E-state index in [1.54, 1.807) is 12.1 Å². The molecule has 1 N–H and O–H groups in total. The number of benzene rings is 4. The maximum Gasteiger partial charge on any atom is 0.160 e. The molecule has 31 heavy (non-hydrogen) atoms. The minimum atomic E-state index is 0.206. The van der Waals surface area contributed by atoms with E-state index in [1.165, 1.54) is 0 Å². The van der Waals surface area contributed by atoms with Crippen LogP contribution in [0.4, 0.5) is 0 Å². The third-order valence-electron chi connectivity index (χ3n) is 5.15. The van der Waals surface area contributed by atoms with Crippen LogP contribution in [0.2, 0.25) is 0 Å². The highest BCUT2D eigenvalue weighted by Crippen LogP contribution is 2.33. The molecule has 4 aromatic carbocycles. The summed E-state index contributed by atoms with van der Waals surface area (Å²) in [5.41, 5.74) is 6.40. The number of rotatable bonds is 4. The van der Waals surface area contributed by atoms with Crippen LogP contribution in [0.3, 0.4) is 0 Å². The zero-order valence-electron chi connectivity index (χ0n) is 16.8. The van der Waals surface area contributed by atoms with Crippen molar-refractivity contribution < 1.29 is 5.11 Å². The average Bonchev–Trinajstić information content (AvgIpc) is 2.85. The van der Waals surface area contributed by atoms with Gasteiger partial charge in [-0.3, -0.25) is 0 Å². The molecule has 0 bridgehead atoms. The highest BCUT2D eigenvalue weighted by molar-refractivity contribution is 5.77. The molecule has 148 valence electrons. The first-order valence-corrected chi connectivity index (χ1v) is 10.2. The normalized spacial score (nSPS) is 10.7. The summed E-state index contributed by atoms with van der Waals surface area (Å²) in [6.07, 6.45) is 0. The Kier molecular flexibility index (Phi) is 4.99. The van der Waals surface area contributed by atoms with Crippen molar-refractivity contribution in [1.82, 2.24) is 9.97 Å². The monoisotopic (exact) mass is 400 g/mol. The van der Waals surface area contributed by atoms with Crippen LogP contribution in [0, 0.1) is 0 Å². The summed E-state index contributed by atoms with van der Waals surface area (Å²) >= 11 is 0. The van der Waals surface area contributed by atoms with Crippen molar-refractivity contribution in [3.8, 4) is 50.8 Å². The molecule has 0 saturated carbocycles. The first-order valence-electron chi connectivity index (χ1n) is 10.2. The zero-order valence-corrected chi connectivity index (χ0v) is 16.8. The van der Waals surface area contributed by atoms with E-state index in [1.807, 2.05) is 97.1 Å². The van der Waals surface area contributed by atoms with Crippen LogP contribution >= 0.6 is 0 Å². The first-order chi connectivity index (χ1) is 15.3. The highest BCUT2D eigenvalue weighted by Gasteiger charge is 2.12. The van der Waals surface area contributed by atoms with Crippen LogP contribution in [0.15, 0.2) is 115 Å². The predicted octanol–water partition coefficient (Wildman–Crippen LogP) is 6.85. The Morgan fingerprint density at radius 1 is 0.419 bits per heavy atom. The van der Waals surface area contributed by atoms with Gasteiger partial charge in [0.05, 0.1) is 11.4 Å². The summed E-state index contributed by atoms with van der Waals surface area (Å²) in [5.74, 6) is 0.860. The number of phenolic OH excluding ortho intramolecular Hbond substituents is 1. The Morgan fingerprint density at radius 2 is 0.903 bits per heavy atom. The molecule has 0 amide bonds. The SMILES string of the molecule is Oc1cc(-c2ccccc2)cc(-c2cc(-c3ccccc3)nc(-c3ccccc3)n2)c1. The smallest absolute Gasteiger partial charge is 0.160 e. The third-order valence-corrected chi connectivity index (χ3v) is 5.15. The van der Waals surface area contributed by atoms with Gasteiger partial charge in [0.1, 0.15) is 5.75 Å². The lowest BCUT2D eigenvalue weighted by Crippen LogP contribution is -1.96. The molecule has 3 nitrogen and oxygen atoms in total. The molecule has 1 heterocycles. The van der Waals surface area contributed by atoms with Gasteiger partial charge in [-0.25, -0.2) is 9.97 Å². The summed E-state index contributed by atoms with van der Waals surface area (Å²) in [6.45, 7) is 0. The number of aromatic hydroxyl groups is 1. The second kappa shape index (κ2) is 8.25. The number of hydrogen-bond acceptors (Lipinski definition) is 3. The van der Waals surface area contributed by atoms with Crippen molar-refractivity contribution in [2.24, 2.45) is 0 Å². The van der Waals surface area contributed by atoms with E-state index in [0.29, 0.717) is 5.82 Å². The van der Waals surface area contributed by atoms with Gasteiger partial charge >= 0.3 is 0 Å².